The minimum absolute atomic E-state index is 0.450. The molecule has 0 bridgehead atoms. The van der Waals surface area contributed by atoms with Crippen molar-refractivity contribution in [2.75, 3.05) is 0 Å². The van der Waals surface area contributed by atoms with Crippen LogP contribution in [0, 0.1) is 0 Å². The summed E-state index contributed by atoms with van der Waals surface area (Å²) in [5.74, 6) is 1.40. The Morgan fingerprint density at radius 3 is 2.52 bits per heavy atom. The smallest absolute Gasteiger partial charge is 0.130 e. The summed E-state index contributed by atoms with van der Waals surface area (Å²) in [5, 5.41) is 1.16. The van der Waals surface area contributed by atoms with Crippen molar-refractivity contribution in [3.63, 3.8) is 0 Å². The van der Waals surface area contributed by atoms with E-state index >= 15 is 0 Å². The van der Waals surface area contributed by atoms with Gasteiger partial charge in [0.2, 0.25) is 0 Å². The third-order valence-corrected chi connectivity index (χ3v) is 3.57. The van der Waals surface area contributed by atoms with Gasteiger partial charge in [0.1, 0.15) is 12.4 Å². The molecule has 2 heteroatoms. The second kappa shape index (κ2) is 5.96. The Kier molecular flexibility index (Phi) is 3.87. The highest BCUT2D eigenvalue weighted by Crippen LogP contribution is 2.26. The molecular formula is C19H19NO. The molecule has 1 heterocycles. The number of hydrogen-bond donors (Lipinski definition) is 0. The van der Waals surface area contributed by atoms with Gasteiger partial charge in [-0.2, -0.15) is 0 Å². The van der Waals surface area contributed by atoms with E-state index in [1.54, 1.807) is 0 Å². The summed E-state index contributed by atoms with van der Waals surface area (Å²) >= 11 is 0. The largest absolute Gasteiger partial charge is 0.487 e. The Morgan fingerprint density at radius 1 is 0.905 bits per heavy atom. The van der Waals surface area contributed by atoms with Crippen LogP contribution in [-0.2, 0) is 6.61 Å². The molecule has 21 heavy (non-hydrogen) atoms. The van der Waals surface area contributed by atoms with Crippen molar-refractivity contribution in [2.24, 2.45) is 0 Å². The first-order chi connectivity index (χ1) is 10.2. The molecule has 106 valence electrons. The van der Waals surface area contributed by atoms with E-state index in [1.807, 2.05) is 36.4 Å². The molecule has 0 aliphatic rings. The van der Waals surface area contributed by atoms with E-state index in [0.29, 0.717) is 12.5 Å². The van der Waals surface area contributed by atoms with Crippen molar-refractivity contribution in [1.82, 2.24) is 4.98 Å². The van der Waals surface area contributed by atoms with Crippen LogP contribution >= 0.6 is 0 Å². The van der Waals surface area contributed by atoms with Crippen molar-refractivity contribution in [3.8, 4) is 5.75 Å². The Balaban J connectivity index is 1.80. The molecule has 0 N–H and O–H groups in total. The van der Waals surface area contributed by atoms with Crippen molar-refractivity contribution >= 4 is 10.9 Å². The fourth-order valence-electron chi connectivity index (χ4n) is 2.43. The van der Waals surface area contributed by atoms with Gasteiger partial charge in [0.05, 0.1) is 11.2 Å². The summed E-state index contributed by atoms with van der Waals surface area (Å²) in [6, 6.07) is 20.5. The summed E-state index contributed by atoms with van der Waals surface area (Å²) in [5.41, 5.74) is 3.20. The number of hydrogen-bond acceptors (Lipinski definition) is 2. The second-order valence-corrected chi connectivity index (χ2v) is 5.48. The molecule has 0 aliphatic carbocycles. The molecule has 0 atom stereocenters. The molecule has 0 saturated heterocycles. The lowest BCUT2D eigenvalue weighted by molar-refractivity contribution is 0.297. The third-order valence-electron chi connectivity index (χ3n) is 3.57. The van der Waals surface area contributed by atoms with Gasteiger partial charge in [0.15, 0.2) is 0 Å². The van der Waals surface area contributed by atoms with E-state index in [9.17, 15) is 0 Å². The number of benzene rings is 2. The number of rotatable bonds is 4. The van der Waals surface area contributed by atoms with Crippen LogP contribution in [0.5, 0.6) is 5.75 Å². The monoisotopic (exact) mass is 277 g/mol. The molecule has 0 unspecified atom stereocenters. The molecule has 0 fully saturated rings. The van der Waals surface area contributed by atoms with Gasteiger partial charge in [-0.15, -0.1) is 0 Å². The van der Waals surface area contributed by atoms with Gasteiger partial charge in [-0.3, -0.25) is 0 Å². The van der Waals surface area contributed by atoms with Gasteiger partial charge in [-0.1, -0.05) is 56.3 Å². The predicted molar refractivity (Wildman–Crippen MR) is 86.6 cm³/mol. The zero-order chi connectivity index (χ0) is 14.7. The number of fused-ring (bicyclic) bond motifs is 1. The molecule has 0 amide bonds. The van der Waals surface area contributed by atoms with E-state index in [2.05, 4.69) is 43.1 Å². The van der Waals surface area contributed by atoms with Crippen LogP contribution in [0.1, 0.15) is 31.0 Å². The Labute approximate surface area is 125 Å². The van der Waals surface area contributed by atoms with Gasteiger partial charge < -0.3 is 4.74 Å². The standard InChI is InChI=1S/C19H19NO/c1-14(2)17-8-4-6-10-19(17)21-13-16-12-11-15-7-3-5-9-18(15)20-16/h3-12,14H,13H2,1-2H3. The van der Waals surface area contributed by atoms with Gasteiger partial charge >= 0.3 is 0 Å². The maximum Gasteiger partial charge on any atom is 0.130 e. The van der Waals surface area contributed by atoms with Gasteiger partial charge in [0, 0.05) is 5.39 Å². The molecule has 0 radical (unpaired) electrons. The van der Waals surface area contributed by atoms with E-state index in [1.165, 1.54) is 5.56 Å². The van der Waals surface area contributed by atoms with Crippen molar-refractivity contribution in [1.29, 1.82) is 0 Å². The van der Waals surface area contributed by atoms with Gasteiger partial charge in [-0.25, -0.2) is 4.98 Å². The molecule has 0 aliphatic heterocycles. The zero-order valence-corrected chi connectivity index (χ0v) is 12.4. The SMILES string of the molecule is CC(C)c1ccccc1OCc1ccc2ccccc2n1. The van der Waals surface area contributed by atoms with Crippen molar-refractivity contribution in [3.05, 3.63) is 71.9 Å². The van der Waals surface area contributed by atoms with E-state index < -0.39 is 0 Å². The molecule has 2 aromatic carbocycles. The molecule has 2 nitrogen and oxygen atoms in total. The quantitative estimate of drug-likeness (QED) is 0.674. The Bertz CT molecular complexity index is 749. The maximum atomic E-state index is 5.97. The number of aromatic nitrogens is 1. The van der Waals surface area contributed by atoms with Crippen LogP contribution in [0.2, 0.25) is 0 Å². The second-order valence-electron chi connectivity index (χ2n) is 5.48. The zero-order valence-electron chi connectivity index (χ0n) is 12.4. The molecule has 0 saturated carbocycles. The average Bonchev–Trinajstić information content (AvgIpc) is 2.53. The summed E-state index contributed by atoms with van der Waals surface area (Å²) < 4.78 is 5.97. The molecule has 1 aromatic heterocycles. The van der Waals surface area contributed by atoms with Crippen LogP contribution in [0.25, 0.3) is 10.9 Å². The molecule has 0 spiro atoms. The van der Waals surface area contributed by atoms with E-state index in [0.717, 1.165) is 22.3 Å². The fourth-order valence-corrected chi connectivity index (χ4v) is 2.43. The van der Waals surface area contributed by atoms with Gasteiger partial charge in [0.25, 0.3) is 0 Å². The first kappa shape index (κ1) is 13.6. The Morgan fingerprint density at radius 2 is 1.67 bits per heavy atom. The molecule has 3 aromatic rings. The normalized spacial score (nSPS) is 11.0. The molecular weight excluding hydrogens is 258 g/mol. The maximum absolute atomic E-state index is 5.97. The highest BCUT2D eigenvalue weighted by molar-refractivity contribution is 5.78. The molecule has 3 rings (SSSR count). The summed E-state index contributed by atoms with van der Waals surface area (Å²) in [7, 11) is 0. The summed E-state index contributed by atoms with van der Waals surface area (Å²) in [6.45, 7) is 4.85. The number of nitrogens with zero attached hydrogens (tertiary/aromatic N) is 1. The highest BCUT2D eigenvalue weighted by Gasteiger charge is 2.07. The fraction of sp³-hybridized carbons (Fsp3) is 0.211. The lowest BCUT2D eigenvalue weighted by atomic mass is 10.0. The van der Waals surface area contributed by atoms with E-state index in [-0.39, 0.29) is 0 Å². The van der Waals surface area contributed by atoms with Crippen LogP contribution in [0.15, 0.2) is 60.7 Å². The number of pyridine rings is 1. The van der Waals surface area contributed by atoms with Crippen LogP contribution in [-0.4, -0.2) is 4.98 Å². The van der Waals surface area contributed by atoms with Crippen molar-refractivity contribution < 1.29 is 4.74 Å². The lowest BCUT2D eigenvalue weighted by Gasteiger charge is -2.13. The number of para-hydroxylation sites is 2. The first-order valence-corrected chi connectivity index (χ1v) is 7.30. The average molecular weight is 277 g/mol. The number of ether oxygens (including phenoxy) is 1. The van der Waals surface area contributed by atoms with Gasteiger partial charge in [-0.05, 0) is 29.7 Å². The Hall–Kier alpha value is -2.35. The predicted octanol–water partition coefficient (Wildman–Crippen LogP) is 4.94. The third kappa shape index (κ3) is 3.05. The summed E-state index contributed by atoms with van der Waals surface area (Å²) in [4.78, 5) is 4.64. The van der Waals surface area contributed by atoms with E-state index in [4.69, 9.17) is 4.74 Å². The minimum atomic E-state index is 0.450. The van der Waals surface area contributed by atoms with Crippen LogP contribution < -0.4 is 4.74 Å². The van der Waals surface area contributed by atoms with Crippen molar-refractivity contribution in [2.45, 2.75) is 26.4 Å². The van der Waals surface area contributed by atoms with Crippen LogP contribution in [0.3, 0.4) is 0 Å². The minimum Gasteiger partial charge on any atom is -0.487 e. The lowest BCUT2D eigenvalue weighted by Crippen LogP contribution is -2.01. The first-order valence-electron chi connectivity index (χ1n) is 7.30. The topological polar surface area (TPSA) is 22.1 Å². The highest BCUT2D eigenvalue weighted by atomic mass is 16.5. The summed E-state index contributed by atoms with van der Waals surface area (Å²) in [6.07, 6.45) is 0. The van der Waals surface area contributed by atoms with Crippen LogP contribution in [0.4, 0.5) is 0 Å².